The van der Waals surface area contributed by atoms with Gasteiger partial charge >= 0.3 is 12.1 Å². The van der Waals surface area contributed by atoms with E-state index in [4.69, 9.17) is 9.47 Å². The Kier molecular flexibility index (Phi) is 5.99. The molecule has 0 rings (SSSR count). The minimum atomic E-state index is -1.48. The van der Waals surface area contributed by atoms with Crippen LogP contribution in [0.25, 0.3) is 0 Å². The quantitative estimate of drug-likeness (QED) is 0.749. The summed E-state index contributed by atoms with van der Waals surface area (Å²) in [5.41, 5.74) is -1.55. The third kappa shape index (κ3) is 9.18. The third-order valence-electron chi connectivity index (χ3n) is 1.75. The Morgan fingerprint density at radius 2 is 1.45 bits per heavy atom. The standard InChI is InChI=1S/C13H23NO6/c1-12(2,3)19-10(17)8(7-9(15)16)14-11(18)20-13(4,5)6/h8H,7H2,1-6H3,(H,14,18)(H,15,16)/p-1/t8-/m0/s1. The van der Waals surface area contributed by atoms with E-state index >= 15 is 0 Å². The molecular formula is C13H22NO6-. The molecule has 0 heterocycles. The summed E-state index contributed by atoms with van der Waals surface area (Å²) in [6.45, 7) is 9.84. The lowest BCUT2D eigenvalue weighted by atomic mass is 10.1. The van der Waals surface area contributed by atoms with Crippen molar-refractivity contribution < 1.29 is 29.0 Å². The summed E-state index contributed by atoms with van der Waals surface area (Å²) in [6, 6.07) is -1.35. The molecule has 1 N–H and O–H groups in total. The van der Waals surface area contributed by atoms with Crippen LogP contribution in [-0.4, -0.2) is 35.3 Å². The highest BCUT2D eigenvalue weighted by Gasteiger charge is 2.28. The fourth-order valence-corrected chi connectivity index (χ4v) is 1.18. The summed E-state index contributed by atoms with van der Waals surface area (Å²) in [7, 11) is 0. The number of carbonyl (C=O) groups is 3. The molecule has 0 aromatic rings. The fourth-order valence-electron chi connectivity index (χ4n) is 1.18. The van der Waals surface area contributed by atoms with Crippen LogP contribution < -0.4 is 10.4 Å². The Morgan fingerprint density at radius 3 is 1.80 bits per heavy atom. The molecule has 0 aromatic heterocycles. The second kappa shape index (κ2) is 6.58. The highest BCUT2D eigenvalue weighted by molar-refractivity contribution is 5.85. The molecule has 0 spiro atoms. The average Bonchev–Trinajstić information content (AvgIpc) is 2.09. The van der Waals surface area contributed by atoms with Gasteiger partial charge in [0, 0.05) is 12.4 Å². The maximum atomic E-state index is 11.8. The van der Waals surface area contributed by atoms with Crippen molar-refractivity contribution in [1.29, 1.82) is 0 Å². The molecule has 1 amide bonds. The Bertz CT molecular complexity index is 377. The number of carboxylic acid groups (broad SMARTS) is 1. The summed E-state index contributed by atoms with van der Waals surface area (Å²) in [6.07, 6.45) is -1.58. The molecule has 0 fully saturated rings. The van der Waals surface area contributed by atoms with Crippen molar-refractivity contribution >= 4 is 18.0 Å². The SMILES string of the molecule is CC(C)(C)OC(=O)N[C@@H](CC(=O)[O-])C(=O)OC(C)(C)C. The number of rotatable bonds is 4. The van der Waals surface area contributed by atoms with E-state index in [9.17, 15) is 19.5 Å². The van der Waals surface area contributed by atoms with Gasteiger partial charge in [-0.1, -0.05) is 0 Å². The monoisotopic (exact) mass is 288 g/mol. The summed E-state index contributed by atoms with van der Waals surface area (Å²) >= 11 is 0. The number of hydrogen-bond donors (Lipinski definition) is 1. The minimum absolute atomic E-state index is 0.686. The number of ether oxygens (including phenoxy) is 2. The second-order valence-electron chi connectivity index (χ2n) is 6.31. The van der Waals surface area contributed by atoms with Crippen molar-refractivity contribution in [2.75, 3.05) is 0 Å². The van der Waals surface area contributed by atoms with Gasteiger partial charge in [0.05, 0.1) is 0 Å². The van der Waals surface area contributed by atoms with E-state index in [1.54, 1.807) is 41.5 Å². The van der Waals surface area contributed by atoms with Gasteiger partial charge in [0.2, 0.25) is 0 Å². The Hall–Kier alpha value is -1.79. The highest BCUT2D eigenvalue weighted by atomic mass is 16.6. The zero-order valence-electron chi connectivity index (χ0n) is 12.7. The van der Waals surface area contributed by atoms with Crippen LogP contribution in [0.2, 0.25) is 0 Å². The van der Waals surface area contributed by atoms with Crippen molar-refractivity contribution in [3.8, 4) is 0 Å². The van der Waals surface area contributed by atoms with E-state index in [-0.39, 0.29) is 0 Å². The maximum Gasteiger partial charge on any atom is 0.408 e. The lowest BCUT2D eigenvalue weighted by Crippen LogP contribution is -2.48. The number of hydrogen-bond acceptors (Lipinski definition) is 6. The van der Waals surface area contributed by atoms with Gasteiger partial charge in [0.25, 0.3) is 0 Å². The third-order valence-corrected chi connectivity index (χ3v) is 1.75. The molecule has 0 aliphatic heterocycles. The number of carboxylic acids is 1. The number of nitrogens with one attached hydrogen (secondary N) is 1. The van der Waals surface area contributed by atoms with Crippen molar-refractivity contribution in [2.45, 2.75) is 65.2 Å². The lowest BCUT2D eigenvalue weighted by molar-refractivity contribution is -0.306. The van der Waals surface area contributed by atoms with Gasteiger partial charge in [0.15, 0.2) is 0 Å². The number of amides is 1. The molecule has 0 bridgehead atoms. The van der Waals surface area contributed by atoms with E-state index in [1.807, 2.05) is 0 Å². The van der Waals surface area contributed by atoms with E-state index < -0.39 is 41.7 Å². The largest absolute Gasteiger partial charge is 0.550 e. The number of alkyl carbamates (subject to hydrolysis) is 1. The van der Waals surface area contributed by atoms with Gasteiger partial charge in [-0.25, -0.2) is 9.59 Å². The van der Waals surface area contributed by atoms with Crippen molar-refractivity contribution in [2.24, 2.45) is 0 Å². The van der Waals surface area contributed by atoms with Crippen molar-refractivity contribution in [3.63, 3.8) is 0 Å². The molecule has 0 radical (unpaired) electrons. The number of carbonyl (C=O) groups excluding carboxylic acids is 3. The molecule has 0 saturated carbocycles. The van der Waals surface area contributed by atoms with Crippen LogP contribution in [-0.2, 0) is 19.1 Å². The van der Waals surface area contributed by atoms with Crippen molar-refractivity contribution in [3.05, 3.63) is 0 Å². The Labute approximate surface area is 118 Å². The van der Waals surface area contributed by atoms with Crippen LogP contribution in [0.1, 0.15) is 48.0 Å². The molecule has 0 aliphatic rings. The summed E-state index contributed by atoms with van der Waals surface area (Å²) in [5.74, 6) is -2.33. The zero-order chi connectivity index (χ0) is 16.1. The average molecular weight is 288 g/mol. The Balaban J connectivity index is 4.77. The first-order valence-electron chi connectivity index (χ1n) is 6.22. The van der Waals surface area contributed by atoms with Crippen LogP contribution in [0.15, 0.2) is 0 Å². The van der Waals surface area contributed by atoms with Gasteiger partial charge < -0.3 is 24.7 Å². The fraction of sp³-hybridized carbons (Fsp3) is 0.769. The molecule has 0 unspecified atom stereocenters. The van der Waals surface area contributed by atoms with Gasteiger partial charge in [-0.3, -0.25) is 0 Å². The molecule has 0 aromatic carbocycles. The van der Waals surface area contributed by atoms with Gasteiger partial charge in [0.1, 0.15) is 17.2 Å². The molecule has 20 heavy (non-hydrogen) atoms. The van der Waals surface area contributed by atoms with Crippen LogP contribution in [0, 0.1) is 0 Å². The summed E-state index contributed by atoms with van der Waals surface area (Å²) < 4.78 is 9.99. The van der Waals surface area contributed by atoms with E-state index in [0.717, 1.165) is 0 Å². The first kappa shape index (κ1) is 18.2. The van der Waals surface area contributed by atoms with E-state index in [2.05, 4.69) is 5.32 Å². The number of aliphatic carboxylic acids is 1. The smallest absolute Gasteiger partial charge is 0.408 e. The van der Waals surface area contributed by atoms with Crippen LogP contribution >= 0.6 is 0 Å². The first-order chi connectivity index (χ1) is 8.80. The van der Waals surface area contributed by atoms with Crippen LogP contribution in [0.5, 0.6) is 0 Å². The predicted molar refractivity (Wildman–Crippen MR) is 68.6 cm³/mol. The Morgan fingerprint density at radius 1 is 1.00 bits per heavy atom. The molecular weight excluding hydrogens is 266 g/mol. The molecule has 116 valence electrons. The maximum absolute atomic E-state index is 11.8. The molecule has 0 aliphatic carbocycles. The van der Waals surface area contributed by atoms with Crippen molar-refractivity contribution in [1.82, 2.24) is 5.32 Å². The normalized spacial score (nSPS) is 13.3. The van der Waals surface area contributed by atoms with E-state index in [0.29, 0.717) is 0 Å². The molecule has 1 atom stereocenters. The second-order valence-corrected chi connectivity index (χ2v) is 6.31. The topological polar surface area (TPSA) is 105 Å². The molecule has 7 heteroatoms. The van der Waals surface area contributed by atoms with Crippen LogP contribution in [0.4, 0.5) is 4.79 Å². The lowest BCUT2D eigenvalue weighted by Gasteiger charge is -2.26. The number of esters is 1. The van der Waals surface area contributed by atoms with Gasteiger partial charge in [-0.2, -0.15) is 0 Å². The van der Waals surface area contributed by atoms with E-state index in [1.165, 1.54) is 0 Å². The first-order valence-corrected chi connectivity index (χ1v) is 6.22. The predicted octanol–water partition coefficient (Wildman–Crippen LogP) is 0.361. The molecule has 0 saturated heterocycles. The van der Waals surface area contributed by atoms with Crippen LogP contribution in [0.3, 0.4) is 0 Å². The minimum Gasteiger partial charge on any atom is -0.550 e. The summed E-state index contributed by atoms with van der Waals surface area (Å²) in [4.78, 5) is 34.0. The summed E-state index contributed by atoms with van der Waals surface area (Å²) in [5, 5.41) is 12.8. The van der Waals surface area contributed by atoms with Gasteiger partial charge in [-0.15, -0.1) is 0 Å². The highest BCUT2D eigenvalue weighted by Crippen LogP contribution is 2.11. The zero-order valence-corrected chi connectivity index (χ0v) is 12.7. The molecule has 7 nitrogen and oxygen atoms in total. The van der Waals surface area contributed by atoms with Gasteiger partial charge in [-0.05, 0) is 41.5 Å².